The fourth-order valence-corrected chi connectivity index (χ4v) is 2.18. The number of nitrogens with zero attached hydrogens (tertiary/aromatic N) is 2. The lowest BCUT2D eigenvalue weighted by Gasteiger charge is -2.11. The molecular weight excluding hydrogens is 219 g/mol. The molecule has 4 heteroatoms. The Morgan fingerprint density at radius 1 is 1.29 bits per heavy atom. The van der Waals surface area contributed by atoms with Crippen molar-refractivity contribution in [1.29, 1.82) is 0 Å². The maximum absolute atomic E-state index is 12.2. The second kappa shape index (κ2) is 6.74. The van der Waals surface area contributed by atoms with Crippen molar-refractivity contribution in [2.45, 2.75) is 59.1 Å². The molecule has 1 heterocycles. The van der Waals surface area contributed by atoms with Crippen LogP contribution in [0.5, 0.6) is 0 Å². The van der Waals surface area contributed by atoms with E-state index in [4.69, 9.17) is 0 Å². The van der Waals surface area contributed by atoms with Gasteiger partial charge in [-0.25, -0.2) is 0 Å². The van der Waals surface area contributed by atoms with Crippen LogP contribution in [0.4, 0.5) is 4.39 Å². The molecule has 0 saturated carbocycles. The first kappa shape index (κ1) is 14.2. The van der Waals surface area contributed by atoms with E-state index in [1.165, 1.54) is 0 Å². The number of rotatable bonds is 7. The zero-order chi connectivity index (χ0) is 12.8. The van der Waals surface area contributed by atoms with Gasteiger partial charge in [0.2, 0.25) is 0 Å². The van der Waals surface area contributed by atoms with E-state index in [-0.39, 0.29) is 6.67 Å². The summed E-state index contributed by atoms with van der Waals surface area (Å²) in [4.78, 5) is 0. The summed E-state index contributed by atoms with van der Waals surface area (Å²) in [7, 11) is 0. The van der Waals surface area contributed by atoms with Gasteiger partial charge >= 0.3 is 0 Å². The van der Waals surface area contributed by atoms with Crippen LogP contribution in [-0.4, -0.2) is 21.6 Å². The third-order valence-electron chi connectivity index (χ3n) is 3.07. The molecule has 1 unspecified atom stereocenters. The highest BCUT2D eigenvalue weighted by atomic mass is 19.1. The van der Waals surface area contributed by atoms with Crippen molar-refractivity contribution in [2.75, 3.05) is 6.67 Å². The minimum Gasteiger partial charge on any atom is -0.388 e. The minimum atomic E-state index is -0.445. The number of hydrogen-bond donors (Lipinski definition) is 1. The molecule has 1 aromatic heterocycles. The van der Waals surface area contributed by atoms with Crippen molar-refractivity contribution < 1.29 is 9.50 Å². The van der Waals surface area contributed by atoms with Gasteiger partial charge in [-0.2, -0.15) is 5.10 Å². The topological polar surface area (TPSA) is 38.0 Å². The molecule has 1 aromatic rings. The normalized spacial score (nSPS) is 13.0. The lowest BCUT2D eigenvalue weighted by atomic mass is 10.0. The summed E-state index contributed by atoms with van der Waals surface area (Å²) in [5.74, 6) is 0. The van der Waals surface area contributed by atoms with Crippen LogP contribution >= 0.6 is 0 Å². The van der Waals surface area contributed by atoms with Crippen LogP contribution < -0.4 is 0 Å². The van der Waals surface area contributed by atoms with Crippen LogP contribution in [0.2, 0.25) is 0 Å². The molecule has 98 valence electrons. The number of halogens is 1. The summed E-state index contributed by atoms with van der Waals surface area (Å²) >= 11 is 0. The van der Waals surface area contributed by atoms with Gasteiger partial charge in [-0.05, 0) is 25.7 Å². The zero-order valence-corrected chi connectivity index (χ0v) is 11.0. The molecule has 0 radical (unpaired) electrons. The van der Waals surface area contributed by atoms with Gasteiger partial charge in [-0.1, -0.05) is 20.8 Å². The Bertz CT molecular complexity index is 349. The fourth-order valence-electron chi connectivity index (χ4n) is 2.18. The first-order valence-electron chi connectivity index (χ1n) is 6.51. The molecule has 0 spiro atoms. The summed E-state index contributed by atoms with van der Waals surface area (Å²) in [6.07, 6.45) is 2.36. The molecular formula is C13H23FN2O. The fraction of sp³-hybridized carbons (Fsp3) is 0.769. The van der Waals surface area contributed by atoms with Crippen molar-refractivity contribution in [3.63, 3.8) is 0 Å². The molecule has 3 nitrogen and oxygen atoms in total. The smallest absolute Gasteiger partial charge is 0.0912 e. The Kier molecular flexibility index (Phi) is 5.62. The van der Waals surface area contributed by atoms with Gasteiger partial charge < -0.3 is 5.11 Å². The number of hydrogen-bond acceptors (Lipinski definition) is 2. The highest BCUT2D eigenvalue weighted by molar-refractivity contribution is 5.29. The second-order valence-electron chi connectivity index (χ2n) is 4.20. The van der Waals surface area contributed by atoms with Crippen LogP contribution in [0.1, 0.15) is 56.7 Å². The molecule has 1 rings (SSSR count). The Labute approximate surface area is 103 Å². The van der Waals surface area contributed by atoms with Gasteiger partial charge in [0, 0.05) is 17.8 Å². The Morgan fingerprint density at radius 2 is 2.00 bits per heavy atom. The highest BCUT2D eigenvalue weighted by Crippen LogP contribution is 2.26. The molecule has 0 saturated heterocycles. The first-order chi connectivity index (χ1) is 8.19. The quantitative estimate of drug-likeness (QED) is 0.798. The summed E-state index contributed by atoms with van der Waals surface area (Å²) in [5, 5.41) is 14.6. The Morgan fingerprint density at radius 3 is 2.47 bits per heavy atom. The average molecular weight is 242 g/mol. The van der Waals surface area contributed by atoms with E-state index in [1.54, 1.807) is 0 Å². The summed E-state index contributed by atoms with van der Waals surface area (Å²) < 4.78 is 14.1. The molecule has 0 fully saturated rings. The molecule has 0 amide bonds. The van der Waals surface area contributed by atoms with Gasteiger partial charge in [-0.3, -0.25) is 9.07 Å². The van der Waals surface area contributed by atoms with Gasteiger partial charge in [0.05, 0.1) is 18.5 Å². The predicted octanol–water partition coefficient (Wildman–Crippen LogP) is 2.81. The largest absolute Gasteiger partial charge is 0.388 e. The molecule has 1 atom stereocenters. The van der Waals surface area contributed by atoms with Gasteiger partial charge in [0.15, 0.2) is 0 Å². The summed E-state index contributed by atoms with van der Waals surface area (Å²) in [6, 6.07) is 0. The number of alkyl halides is 1. The molecule has 1 N–H and O–H groups in total. The molecule has 0 aliphatic rings. The number of aliphatic hydroxyl groups excluding tert-OH is 1. The average Bonchev–Trinajstić information content (AvgIpc) is 2.72. The minimum absolute atomic E-state index is 0.323. The van der Waals surface area contributed by atoms with Crippen molar-refractivity contribution >= 4 is 0 Å². The van der Waals surface area contributed by atoms with Crippen molar-refractivity contribution in [1.82, 2.24) is 9.78 Å². The molecule has 0 aromatic carbocycles. The zero-order valence-electron chi connectivity index (χ0n) is 11.0. The van der Waals surface area contributed by atoms with E-state index in [2.05, 4.69) is 5.10 Å². The highest BCUT2D eigenvalue weighted by Gasteiger charge is 2.20. The van der Waals surface area contributed by atoms with Crippen LogP contribution in [0.25, 0.3) is 0 Å². The van der Waals surface area contributed by atoms with Gasteiger partial charge in [0.1, 0.15) is 0 Å². The van der Waals surface area contributed by atoms with E-state index in [1.807, 2.05) is 25.5 Å². The second-order valence-corrected chi connectivity index (χ2v) is 4.20. The van der Waals surface area contributed by atoms with Crippen LogP contribution in [0, 0.1) is 0 Å². The molecule has 0 bridgehead atoms. The van der Waals surface area contributed by atoms with Crippen LogP contribution in [0.3, 0.4) is 0 Å². The van der Waals surface area contributed by atoms with Gasteiger partial charge in [-0.15, -0.1) is 0 Å². The summed E-state index contributed by atoms with van der Waals surface area (Å²) in [6.45, 7) is 6.32. The third-order valence-corrected chi connectivity index (χ3v) is 3.07. The van der Waals surface area contributed by atoms with E-state index in [0.29, 0.717) is 19.4 Å². The number of aryl methyl sites for hydroxylation is 2. The van der Waals surface area contributed by atoms with Crippen molar-refractivity contribution in [3.05, 3.63) is 17.0 Å². The monoisotopic (exact) mass is 242 g/mol. The standard InChI is InChI=1S/C13H23FN2O/c1-4-10-13(12(17)6-3)11(5-2)16(15-10)9-7-8-14/h12,17H,4-9H2,1-3H3. The number of aliphatic hydroxyl groups is 1. The lowest BCUT2D eigenvalue weighted by Crippen LogP contribution is -2.07. The SMILES string of the molecule is CCc1nn(CCCF)c(CC)c1C(O)CC. The molecule has 0 aliphatic heterocycles. The van der Waals surface area contributed by atoms with E-state index in [9.17, 15) is 9.50 Å². The van der Waals surface area contributed by atoms with E-state index >= 15 is 0 Å². The van der Waals surface area contributed by atoms with Crippen LogP contribution in [0.15, 0.2) is 0 Å². The van der Waals surface area contributed by atoms with Crippen molar-refractivity contribution in [3.8, 4) is 0 Å². The van der Waals surface area contributed by atoms with Gasteiger partial charge in [0.25, 0.3) is 0 Å². The Balaban J connectivity index is 3.11. The van der Waals surface area contributed by atoms with Crippen molar-refractivity contribution in [2.24, 2.45) is 0 Å². The van der Waals surface area contributed by atoms with Crippen LogP contribution in [-0.2, 0) is 19.4 Å². The molecule has 17 heavy (non-hydrogen) atoms. The predicted molar refractivity (Wildman–Crippen MR) is 66.8 cm³/mol. The number of aromatic nitrogens is 2. The maximum Gasteiger partial charge on any atom is 0.0912 e. The lowest BCUT2D eigenvalue weighted by molar-refractivity contribution is 0.171. The Hall–Kier alpha value is -0.900. The molecule has 0 aliphatic carbocycles. The maximum atomic E-state index is 12.2. The summed E-state index contributed by atoms with van der Waals surface area (Å²) in [5.41, 5.74) is 2.98. The third kappa shape index (κ3) is 3.06. The van der Waals surface area contributed by atoms with E-state index < -0.39 is 6.10 Å². The van der Waals surface area contributed by atoms with E-state index in [0.717, 1.165) is 29.8 Å². The first-order valence-corrected chi connectivity index (χ1v) is 6.51.